The molecule has 3 nitrogen and oxygen atoms in total. The van der Waals surface area contributed by atoms with Crippen molar-refractivity contribution in [1.29, 1.82) is 0 Å². The molecule has 0 rings (SSSR count). The SMILES string of the molecule is CCOC(CCCC(C)CC(C)CC(C)CC(C)CC(C)CC(C)CCCBr)OC(CCCC(C)CC(C)CC(C)CC(C)CC(C)CC(C)CCCBr)OCC. The highest BCUT2D eigenvalue weighted by molar-refractivity contribution is 9.09. The Labute approximate surface area is 376 Å². The Morgan fingerprint density at radius 2 is 0.509 bits per heavy atom. The summed E-state index contributed by atoms with van der Waals surface area (Å²) >= 11 is 7.19. The van der Waals surface area contributed by atoms with E-state index in [1.54, 1.807) is 0 Å². The molecule has 0 aliphatic heterocycles. The van der Waals surface area contributed by atoms with Gasteiger partial charge < -0.3 is 14.2 Å². The van der Waals surface area contributed by atoms with Crippen molar-refractivity contribution in [3.63, 3.8) is 0 Å². The molecule has 0 fully saturated rings. The molecule has 0 N–H and O–H groups in total. The fourth-order valence-corrected chi connectivity index (χ4v) is 11.8. The van der Waals surface area contributed by atoms with Gasteiger partial charge in [-0.15, -0.1) is 0 Å². The predicted octanol–water partition coefficient (Wildman–Crippen LogP) is 18.0. The highest BCUT2D eigenvalue weighted by atomic mass is 79.9. The van der Waals surface area contributed by atoms with Gasteiger partial charge in [0, 0.05) is 23.9 Å². The lowest BCUT2D eigenvalue weighted by atomic mass is 9.81. The van der Waals surface area contributed by atoms with Crippen LogP contribution < -0.4 is 0 Å². The minimum absolute atomic E-state index is 0.167. The number of alkyl halides is 2. The molecule has 5 heteroatoms. The standard InChI is InChI=1S/C52H104Br2O3/c1-15-55-51(25-17-21-39(3)29-43(7)33-47(11)37-49(13)35-45(9)31-41(5)23-19-27-53)57-52(56-16-2)26-18-22-40(4)30-44(8)34-48(12)38-50(14)36-46(10)32-42(6)24-20-28-54/h39-52H,15-38H2,1-14H3. The third kappa shape index (κ3) is 34.1. The van der Waals surface area contributed by atoms with Gasteiger partial charge in [0.2, 0.25) is 0 Å². The van der Waals surface area contributed by atoms with Crippen molar-refractivity contribution < 1.29 is 14.2 Å². The van der Waals surface area contributed by atoms with Crippen LogP contribution in [0.4, 0.5) is 0 Å². The van der Waals surface area contributed by atoms with E-state index in [1.807, 2.05) is 0 Å². The normalized spacial score (nSPS) is 19.8. The predicted molar refractivity (Wildman–Crippen MR) is 262 cm³/mol. The van der Waals surface area contributed by atoms with Crippen molar-refractivity contribution in [3.8, 4) is 0 Å². The Kier molecular flexibility index (Phi) is 36.9. The zero-order valence-electron chi connectivity index (χ0n) is 41.0. The minimum Gasteiger partial charge on any atom is -0.353 e. The van der Waals surface area contributed by atoms with Gasteiger partial charge in [-0.05, 0) is 200 Å². The Morgan fingerprint density at radius 1 is 0.298 bits per heavy atom. The summed E-state index contributed by atoms with van der Waals surface area (Å²) in [5.41, 5.74) is 0. The topological polar surface area (TPSA) is 27.7 Å². The Morgan fingerprint density at radius 3 is 0.719 bits per heavy atom. The number of hydrogen-bond acceptors (Lipinski definition) is 3. The van der Waals surface area contributed by atoms with Crippen LogP contribution in [0.2, 0.25) is 0 Å². The Balaban J connectivity index is 4.54. The molecule has 0 saturated carbocycles. The Hall–Kier alpha value is 0.840. The second-order valence-electron chi connectivity index (χ2n) is 21.0. The van der Waals surface area contributed by atoms with Crippen molar-refractivity contribution in [2.24, 2.45) is 71.0 Å². The maximum Gasteiger partial charge on any atom is 0.160 e. The van der Waals surface area contributed by atoms with Crippen LogP contribution >= 0.6 is 31.9 Å². The van der Waals surface area contributed by atoms with Gasteiger partial charge in [0.15, 0.2) is 12.6 Å². The van der Waals surface area contributed by atoms with Gasteiger partial charge in [-0.25, -0.2) is 0 Å². The van der Waals surface area contributed by atoms with Crippen LogP contribution in [-0.2, 0) is 14.2 Å². The number of rotatable bonds is 40. The van der Waals surface area contributed by atoms with Crippen LogP contribution in [0.15, 0.2) is 0 Å². The second-order valence-corrected chi connectivity index (χ2v) is 22.6. The summed E-state index contributed by atoms with van der Waals surface area (Å²) in [6, 6.07) is 0. The van der Waals surface area contributed by atoms with E-state index in [2.05, 4.69) is 129 Å². The van der Waals surface area contributed by atoms with Gasteiger partial charge in [-0.3, -0.25) is 0 Å². The zero-order chi connectivity index (χ0) is 43.2. The summed E-state index contributed by atoms with van der Waals surface area (Å²) in [5.74, 6) is 9.73. The first kappa shape index (κ1) is 57.8. The summed E-state index contributed by atoms with van der Waals surface area (Å²) < 4.78 is 18.8. The third-order valence-electron chi connectivity index (χ3n) is 13.0. The molecule has 14 atom stereocenters. The fourth-order valence-electron chi connectivity index (χ4n) is 11.1. The molecular weight excluding hydrogens is 832 g/mol. The van der Waals surface area contributed by atoms with Crippen LogP contribution in [0.3, 0.4) is 0 Å². The van der Waals surface area contributed by atoms with E-state index in [0.717, 1.165) is 107 Å². The third-order valence-corrected chi connectivity index (χ3v) is 14.1. The van der Waals surface area contributed by atoms with E-state index in [9.17, 15) is 0 Å². The van der Waals surface area contributed by atoms with Crippen LogP contribution in [0.25, 0.3) is 0 Å². The van der Waals surface area contributed by atoms with Crippen molar-refractivity contribution >= 4 is 31.9 Å². The lowest BCUT2D eigenvalue weighted by Crippen LogP contribution is -2.27. The first-order valence-corrected chi connectivity index (χ1v) is 27.3. The molecule has 0 saturated heterocycles. The smallest absolute Gasteiger partial charge is 0.160 e. The maximum atomic E-state index is 6.52. The van der Waals surface area contributed by atoms with Crippen LogP contribution in [0, 0.1) is 71.0 Å². The quantitative estimate of drug-likeness (QED) is 0.0453. The van der Waals surface area contributed by atoms with E-state index in [1.165, 1.54) is 103 Å². The lowest BCUT2D eigenvalue weighted by molar-refractivity contribution is -0.247. The van der Waals surface area contributed by atoms with Crippen molar-refractivity contribution in [2.45, 2.75) is 238 Å². The van der Waals surface area contributed by atoms with Gasteiger partial charge in [0.25, 0.3) is 0 Å². The second kappa shape index (κ2) is 36.3. The van der Waals surface area contributed by atoms with Gasteiger partial charge in [0.1, 0.15) is 0 Å². The molecule has 0 aromatic rings. The molecular formula is C52H104Br2O3. The molecule has 0 aromatic carbocycles. The minimum atomic E-state index is -0.167. The fraction of sp³-hybridized carbons (Fsp3) is 1.00. The Bertz CT molecular complexity index is 804. The van der Waals surface area contributed by atoms with Crippen LogP contribution in [0.5, 0.6) is 0 Å². The molecule has 0 radical (unpaired) electrons. The molecule has 0 amide bonds. The highest BCUT2D eigenvalue weighted by Crippen LogP contribution is 2.32. The average molecular weight is 937 g/mol. The van der Waals surface area contributed by atoms with Crippen molar-refractivity contribution in [2.75, 3.05) is 23.9 Å². The largest absolute Gasteiger partial charge is 0.353 e. The molecule has 0 bridgehead atoms. The molecule has 57 heavy (non-hydrogen) atoms. The monoisotopic (exact) mass is 935 g/mol. The van der Waals surface area contributed by atoms with Gasteiger partial charge >= 0.3 is 0 Å². The average Bonchev–Trinajstić information content (AvgIpc) is 3.09. The van der Waals surface area contributed by atoms with Gasteiger partial charge in [-0.1, -0.05) is 128 Å². The maximum absolute atomic E-state index is 6.52. The molecule has 0 aliphatic rings. The van der Waals surface area contributed by atoms with E-state index < -0.39 is 0 Å². The first-order valence-electron chi connectivity index (χ1n) is 25.0. The van der Waals surface area contributed by atoms with E-state index in [-0.39, 0.29) is 12.6 Å². The summed E-state index contributed by atoms with van der Waals surface area (Å²) in [4.78, 5) is 0. The van der Waals surface area contributed by atoms with Gasteiger partial charge in [-0.2, -0.15) is 0 Å². The molecule has 0 heterocycles. The van der Waals surface area contributed by atoms with E-state index >= 15 is 0 Å². The zero-order valence-corrected chi connectivity index (χ0v) is 44.2. The molecule has 0 spiro atoms. The van der Waals surface area contributed by atoms with E-state index in [0.29, 0.717) is 13.2 Å². The lowest BCUT2D eigenvalue weighted by Gasteiger charge is -2.27. The molecule has 0 aromatic heterocycles. The summed E-state index contributed by atoms with van der Waals surface area (Å²) in [7, 11) is 0. The van der Waals surface area contributed by atoms with Crippen LogP contribution in [-0.4, -0.2) is 36.5 Å². The first-order chi connectivity index (χ1) is 27.0. The highest BCUT2D eigenvalue weighted by Gasteiger charge is 2.22. The summed E-state index contributed by atoms with van der Waals surface area (Å²) in [6.45, 7) is 35.3. The summed E-state index contributed by atoms with van der Waals surface area (Å²) in [6.07, 6.45) is 25.4. The van der Waals surface area contributed by atoms with Crippen LogP contribution in [0.1, 0.15) is 225 Å². The van der Waals surface area contributed by atoms with E-state index in [4.69, 9.17) is 14.2 Å². The molecule has 344 valence electrons. The van der Waals surface area contributed by atoms with Crippen molar-refractivity contribution in [1.82, 2.24) is 0 Å². The number of hydrogen-bond donors (Lipinski definition) is 0. The number of halogens is 2. The summed E-state index contributed by atoms with van der Waals surface area (Å²) in [5, 5.41) is 2.29. The van der Waals surface area contributed by atoms with Crippen molar-refractivity contribution in [3.05, 3.63) is 0 Å². The van der Waals surface area contributed by atoms with Gasteiger partial charge in [0.05, 0.1) is 0 Å². The molecule has 0 aliphatic carbocycles. The molecule has 14 unspecified atom stereocenters. The number of ether oxygens (including phenoxy) is 3.